The predicted molar refractivity (Wildman–Crippen MR) is 71.2 cm³/mol. The Labute approximate surface area is 118 Å². The molecule has 0 aromatic carbocycles. The number of aromatic nitrogens is 6. The lowest BCUT2D eigenvalue weighted by Crippen LogP contribution is -2.48. The molecule has 106 valence electrons. The predicted octanol–water partition coefficient (Wildman–Crippen LogP) is 0.0803. The number of hydrogen-bond acceptors (Lipinski definition) is 6. The van der Waals surface area contributed by atoms with E-state index in [0.29, 0.717) is 13.1 Å². The van der Waals surface area contributed by atoms with Crippen molar-refractivity contribution in [1.82, 2.24) is 29.6 Å². The van der Waals surface area contributed by atoms with E-state index in [9.17, 15) is 4.79 Å². The highest BCUT2D eigenvalue weighted by Crippen LogP contribution is 2.28. The first-order chi connectivity index (χ1) is 10.2. The number of anilines is 1. The number of carboxylic acids is 1. The van der Waals surface area contributed by atoms with Crippen LogP contribution in [-0.2, 0) is 0 Å². The quantitative estimate of drug-likeness (QED) is 0.727. The molecule has 4 heterocycles. The van der Waals surface area contributed by atoms with Crippen LogP contribution in [0.2, 0.25) is 0 Å². The van der Waals surface area contributed by atoms with E-state index >= 15 is 0 Å². The number of carboxylic acid groups (broad SMARTS) is 1. The van der Waals surface area contributed by atoms with Crippen LogP contribution in [0.4, 0.5) is 5.82 Å². The fourth-order valence-corrected chi connectivity index (χ4v) is 2.44. The molecule has 4 rings (SSSR count). The molecule has 9 nitrogen and oxygen atoms in total. The molecule has 0 radical (unpaired) electrons. The van der Waals surface area contributed by atoms with E-state index < -0.39 is 5.97 Å². The Hall–Kier alpha value is -2.97. The maximum absolute atomic E-state index is 10.8. The molecule has 0 aliphatic carbocycles. The van der Waals surface area contributed by atoms with Crippen molar-refractivity contribution in [3.05, 3.63) is 36.5 Å². The smallest absolute Gasteiger partial charge is 0.358 e. The highest BCUT2D eigenvalue weighted by molar-refractivity contribution is 5.84. The van der Waals surface area contributed by atoms with Crippen molar-refractivity contribution < 1.29 is 9.90 Å². The van der Waals surface area contributed by atoms with Gasteiger partial charge in [-0.1, -0.05) is 5.21 Å². The Morgan fingerprint density at radius 1 is 1.33 bits per heavy atom. The van der Waals surface area contributed by atoms with E-state index in [4.69, 9.17) is 5.11 Å². The molecule has 1 saturated heterocycles. The Morgan fingerprint density at radius 2 is 2.19 bits per heavy atom. The summed E-state index contributed by atoms with van der Waals surface area (Å²) in [6.45, 7) is 1.42. The number of hydrogen-bond donors (Lipinski definition) is 1. The van der Waals surface area contributed by atoms with Crippen LogP contribution in [0.3, 0.4) is 0 Å². The molecule has 1 fully saturated rings. The zero-order valence-corrected chi connectivity index (χ0v) is 10.9. The first-order valence-corrected chi connectivity index (χ1v) is 6.41. The highest BCUT2D eigenvalue weighted by Gasteiger charge is 2.31. The van der Waals surface area contributed by atoms with Gasteiger partial charge in [0.05, 0.1) is 18.4 Å². The van der Waals surface area contributed by atoms with Gasteiger partial charge >= 0.3 is 5.97 Å². The van der Waals surface area contributed by atoms with Gasteiger partial charge < -0.3 is 10.0 Å². The largest absolute Gasteiger partial charge is 0.476 e. The van der Waals surface area contributed by atoms with E-state index in [1.165, 1.54) is 6.20 Å². The van der Waals surface area contributed by atoms with Crippen LogP contribution in [0.5, 0.6) is 0 Å². The zero-order valence-electron chi connectivity index (χ0n) is 10.9. The molecule has 0 unspecified atom stereocenters. The molecule has 3 aromatic heterocycles. The van der Waals surface area contributed by atoms with Crippen molar-refractivity contribution in [3.63, 3.8) is 0 Å². The van der Waals surface area contributed by atoms with E-state index in [0.717, 1.165) is 11.3 Å². The van der Waals surface area contributed by atoms with Crippen molar-refractivity contribution in [2.24, 2.45) is 0 Å². The molecule has 1 N–H and O–H groups in total. The van der Waals surface area contributed by atoms with Gasteiger partial charge in [-0.3, -0.25) is 0 Å². The highest BCUT2D eigenvalue weighted by atomic mass is 16.4. The third-order valence-corrected chi connectivity index (χ3v) is 3.57. The minimum Gasteiger partial charge on any atom is -0.476 e. The van der Waals surface area contributed by atoms with Gasteiger partial charge in [0.1, 0.15) is 5.52 Å². The summed E-state index contributed by atoms with van der Waals surface area (Å²) in [6.07, 6.45) is 6.69. The first-order valence-electron chi connectivity index (χ1n) is 6.41. The maximum atomic E-state index is 10.8. The number of carbonyl (C=O) groups is 1. The van der Waals surface area contributed by atoms with Gasteiger partial charge in [0, 0.05) is 25.5 Å². The van der Waals surface area contributed by atoms with Gasteiger partial charge in [-0.2, -0.15) is 5.10 Å². The molecule has 3 aromatic rings. The third kappa shape index (κ3) is 1.82. The molecule has 0 spiro atoms. The lowest BCUT2D eigenvalue weighted by Gasteiger charge is -2.39. The van der Waals surface area contributed by atoms with E-state index in [-0.39, 0.29) is 11.7 Å². The first kappa shape index (κ1) is 11.8. The minimum absolute atomic E-state index is 0.0375. The second kappa shape index (κ2) is 4.27. The average Bonchev–Trinajstić information content (AvgIpc) is 3.05. The van der Waals surface area contributed by atoms with Gasteiger partial charge in [-0.15, -0.1) is 5.10 Å². The van der Waals surface area contributed by atoms with Gasteiger partial charge in [-0.25, -0.2) is 19.0 Å². The van der Waals surface area contributed by atoms with Crippen LogP contribution >= 0.6 is 0 Å². The van der Waals surface area contributed by atoms with Crippen molar-refractivity contribution in [3.8, 4) is 0 Å². The van der Waals surface area contributed by atoms with Crippen LogP contribution in [0.1, 0.15) is 16.5 Å². The maximum Gasteiger partial charge on any atom is 0.358 e. The number of fused-ring (bicyclic) bond motifs is 1. The lowest BCUT2D eigenvalue weighted by atomic mass is 10.1. The molecule has 0 amide bonds. The van der Waals surface area contributed by atoms with Crippen LogP contribution in [0.25, 0.3) is 5.52 Å². The summed E-state index contributed by atoms with van der Waals surface area (Å²) < 4.78 is 3.37. The van der Waals surface area contributed by atoms with E-state index in [1.807, 2.05) is 6.07 Å². The molecule has 1 aliphatic rings. The molecular weight excluding hydrogens is 274 g/mol. The molecule has 0 atom stereocenters. The molecule has 9 heteroatoms. The summed E-state index contributed by atoms with van der Waals surface area (Å²) in [5.74, 6) is -0.201. The van der Waals surface area contributed by atoms with E-state index in [1.54, 1.807) is 27.8 Å². The number of rotatable bonds is 3. The summed E-state index contributed by atoms with van der Waals surface area (Å²) in [6, 6.07) is 2.02. The van der Waals surface area contributed by atoms with Gasteiger partial charge in [0.15, 0.2) is 11.5 Å². The number of nitrogens with zero attached hydrogens (tertiary/aromatic N) is 7. The standard InChI is InChI=1S/C12H11N7O2/c20-12(21)9-7-19(16-15-9)8-5-17(6-8)11-10-1-2-14-18(10)4-3-13-11/h1-4,7-8H,5-6H2,(H,20,21). The molecule has 21 heavy (non-hydrogen) atoms. The van der Waals surface area contributed by atoms with Crippen molar-refractivity contribution in [2.75, 3.05) is 18.0 Å². The summed E-state index contributed by atoms with van der Waals surface area (Å²) >= 11 is 0. The Morgan fingerprint density at radius 3 is 2.95 bits per heavy atom. The van der Waals surface area contributed by atoms with Crippen LogP contribution < -0.4 is 4.90 Å². The molecule has 0 bridgehead atoms. The summed E-state index contributed by atoms with van der Waals surface area (Å²) in [7, 11) is 0. The topological polar surface area (TPSA) is 101 Å². The lowest BCUT2D eigenvalue weighted by molar-refractivity contribution is 0.0690. The molecule has 0 saturated carbocycles. The Bertz CT molecular complexity index is 818. The minimum atomic E-state index is -1.07. The fraction of sp³-hybridized carbons (Fsp3) is 0.250. The Kier molecular flexibility index (Phi) is 2.40. The van der Waals surface area contributed by atoms with Crippen LogP contribution in [-0.4, -0.2) is 53.8 Å². The summed E-state index contributed by atoms with van der Waals surface area (Å²) in [5, 5.41) is 20.5. The fourth-order valence-electron chi connectivity index (χ4n) is 2.44. The van der Waals surface area contributed by atoms with Crippen LogP contribution in [0, 0.1) is 0 Å². The van der Waals surface area contributed by atoms with Crippen molar-refractivity contribution in [1.29, 1.82) is 0 Å². The third-order valence-electron chi connectivity index (χ3n) is 3.57. The summed E-state index contributed by atoms with van der Waals surface area (Å²) in [5.41, 5.74) is 0.908. The van der Waals surface area contributed by atoms with Crippen molar-refractivity contribution >= 4 is 17.3 Å². The second-order valence-corrected chi connectivity index (χ2v) is 4.86. The molecular formula is C12H11N7O2. The van der Waals surface area contributed by atoms with Gasteiger partial charge in [0.2, 0.25) is 0 Å². The molecule has 1 aliphatic heterocycles. The number of aromatic carboxylic acids is 1. The van der Waals surface area contributed by atoms with Gasteiger partial charge in [-0.05, 0) is 6.07 Å². The normalized spacial score (nSPS) is 15.3. The monoisotopic (exact) mass is 285 g/mol. The van der Waals surface area contributed by atoms with Crippen molar-refractivity contribution in [2.45, 2.75) is 6.04 Å². The van der Waals surface area contributed by atoms with Gasteiger partial charge in [0.25, 0.3) is 0 Å². The second-order valence-electron chi connectivity index (χ2n) is 4.86. The SMILES string of the molecule is O=C(O)c1cn(C2CN(c3nccn4nccc34)C2)nn1. The summed E-state index contributed by atoms with van der Waals surface area (Å²) in [4.78, 5) is 17.3. The van der Waals surface area contributed by atoms with E-state index in [2.05, 4.69) is 25.3 Å². The zero-order chi connectivity index (χ0) is 14.4. The average molecular weight is 285 g/mol. The van der Waals surface area contributed by atoms with Crippen LogP contribution in [0.15, 0.2) is 30.9 Å². The Balaban J connectivity index is 1.54.